The smallest absolute Gasteiger partial charge is 0.175 e. The van der Waals surface area contributed by atoms with E-state index in [1.807, 2.05) is 59.2 Å². The molecule has 0 radical (unpaired) electrons. The number of hydrogen-bond acceptors (Lipinski definition) is 6. The van der Waals surface area contributed by atoms with Crippen LogP contribution in [0.25, 0.3) is 39.5 Å². The number of fused-ring (bicyclic) bond motifs is 1. The summed E-state index contributed by atoms with van der Waals surface area (Å²) in [5.74, 6) is 0.839. The van der Waals surface area contributed by atoms with Crippen LogP contribution in [0.1, 0.15) is 0 Å². The minimum atomic E-state index is -3.28. The molecule has 2 N–H and O–H groups in total. The second kappa shape index (κ2) is 7.58. The van der Waals surface area contributed by atoms with Gasteiger partial charge in [0.05, 0.1) is 27.8 Å². The molecular formula is C24H19N5O2S. The zero-order valence-electron chi connectivity index (χ0n) is 17.2. The highest BCUT2D eigenvalue weighted by Gasteiger charge is 2.19. The largest absolute Gasteiger partial charge is 0.382 e. The van der Waals surface area contributed by atoms with Crippen molar-refractivity contribution < 1.29 is 8.42 Å². The summed E-state index contributed by atoms with van der Waals surface area (Å²) in [4.78, 5) is 14.2. The summed E-state index contributed by atoms with van der Waals surface area (Å²) >= 11 is 0. The number of nitrogens with two attached hydrogens (primary N) is 1. The van der Waals surface area contributed by atoms with Gasteiger partial charge in [-0.2, -0.15) is 0 Å². The summed E-state index contributed by atoms with van der Waals surface area (Å²) in [7, 11) is -3.28. The van der Waals surface area contributed by atoms with Gasteiger partial charge in [-0.15, -0.1) is 0 Å². The van der Waals surface area contributed by atoms with Gasteiger partial charge in [-0.05, 0) is 36.4 Å². The van der Waals surface area contributed by atoms with Crippen molar-refractivity contribution in [3.05, 3.63) is 85.1 Å². The third-order valence-electron chi connectivity index (χ3n) is 5.17. The zero-order valence-corrected chi connectivity index (χ0v) is 18.0. The van der Waals surface area contributed by atoms with Gasteiger partial charge in [0.25, 0.3) is 0 Å². The molecule has 0 aliphatic heterocycles. The van der Waals surface area contributed by atoms with E-state index in [-0.39, 0.29) is 10.7 Å². The monoisotopic (exact) mass is 441 g/mol. The molecule has 158 valence electrons. The van der Waals surface area contributed by atoms with Crippen molar-refractivity contribution in [3.8, 4) is 28.5 Å². The predicted octanol–water partition coefficient (Wildman–Crippen LogP) is 4.14. The summed E-state index contributed by atoms with van der Waals surface area (Å²) in [6, 6.07) is 24.2. The van der Waals surface area contributed by atoms with Crippen molar-refractivity contribution in [2.75, 3.05) is 12.0 Å². The van der Waals surface area contributed by atoms with Crippen LogP contribution in [0.5, 0.6) is 0 Å². The van der Waals surface area contributed by atoms with Gasteiger partial charge in [-0.3, -0.25) is 4.57 Å². The molecule has 0 spiro atoms. The molecule has 5 aromatic rings. The number of nitrogens with zero attached hydrogens (tertiary/aromatic N) is 4. The summed E-state index contributed by atoms with van der Waals surface area (Å²) in [6.07, 6.45) is 2.75. The molecule has 0 unspecified atom stereocenters. The van der Waals surface area contributed by atoms with Gasteiger partial charge < -0.3 is 5.73 Å². The number of benzene rings is 3. The van der Waals surface area contributed by atoms with E-state index in [1.165, 1.54) is 6.26 Å². The Kier molecular flexibility index (Phi) is 4.71. The highest BCUT2D eigenvalue weighted by molar-refractivity contribution is 7.90. The molecule has 0 atom stereocenters. The van der Waals surface area contributed by atoms with E-state index in [9.17, 15) is 8.42 Å². The van der Waals surface area contributed by atoms with Gasteiger partial charge in [0.15, 0.2) is 21.5 Å². The Hall–Kier alpha value is -4.04. The van der Waals surface area contributed by atoms with Crippen LogP contribution in [0.2, 0.25) is 0 Å². The van der Waals surface area contributed by atoms with Crippen LogP contribution in [0.4, 0.5) is 5.82 Å². The SMILES string of the molecule is CS(=O)(=O)c1ccc(-c2cnc(N)c(-c3nc4ccccc4n3-c3ccccc3)n2)cc1. The number of aromatic nitrogens is 4. The second-order valence-corrected chi connectivity index (χ2v) is 9.40. The molecule has 0 aliphatic rings. The number of anilines is 1. The number of nitrogen functional groups attached to an aromatic ring is 1. The van der Waals surface area contributed by atoms with E-state index in [4.69, 9.17) is 15.7 Å². The Morgan fingerprint density at radius 3 is 2.25 bits per heavy atom. The van der Waals surface area contributed by atoms with Gasteiger partial charge >= 0.3 is 0 Å². The van der Waals surface area contributed by atoms with E-state index in [1.54, 1.807) is 30.5 Å². The average molecular weight is 442 g/mol. The highest BCUT2D eigenvalue weighted by atomic mass is 32.2. The van der Waals surface area contributed by atoms with Gasteiger partial charge in [0.1, 0.15) is 5.69 Å². The third kappa shape index (κ3) is 3.50. The Morgan fingerprint density at radius 1 is 0.844 bits per heavy atom. The first-order valence-corrected chi connectivity index (χ1v) is 11.8. The van der Waals surface area contributed by atoms with Crippen LogP contribution in [0, 0.1) is 0 Å². The van der Waals surface area contributed by atoms with Crippen molar-refractivity contribution in [3.63, 3.8) is 0 Å². The maximum Gasteiger partial charge on any atom is 0.175 e. The molecule has 8 heteroatoms. The first kappa shape index (κ1) is 19.9. The predicted molar refractivity (Wildman–Crippen MR) is 125 cm³/mol. The van der Waals surface area contributed by atoms with E-state index in [0.29, 0.717) is 17.2 Å². The van der Waals surface area contributed by atoms with Crippen LogP contribution < -0.4 is 5.73 Å². The lowest BCUT2D eigenvalue weighted by atomic mass is 10.1. The maximum atomic E-state index is 11.8. The lowest BCUT2D eigenvalue weighted by Crippen LogP contribution is -2.04. The molecule has 0 bridgehead atoms. The molecule has 0 amide bonds. The number of imidazole rings is 1. The fraction of sp³-hybridized carbons (Fsp3) is 0.0417. The van der Waals surface area contributed by atoms with E-state index >= 15 is 0 Å². The number of hydrogen-bond donors (Lipinski definition) is 1. The standard InChI is InChI=1S/C24H19N5O2S/c1-32(30,31)18-13-11-16(12-14-18)20-15-26-23(25)22(27-20)24-28-19-9-5-6-10-21(19)29(24)17-7-3-2-4-8-17/h2-15H,1H3,(H2,25,26). The Morgan fingerprint density at radius 2 is 1.53 bits per heavy atom. The minimum Gasteiger partial charge on any atom is -0.382 e. The fourth-order valence-electron chi connectivity index (χ4n) is 3.60. The molecule has 7 nitrogen and oxygen atoms in total. The maximum absolute atomic E-state index is 11.8. The van der Waals surface area contributed by atoms with E-state index < -0.39 is 9.84 Å². The quantitative estimate of drug-likeness (QED) is 0.450. The summed E-state index contributed by atoms with van der Waals surface area (Å²) in [5, 5.41) is 0. The minimum absolute atomic E-state index is 0.246. The highest BCUT2D eigenvalue weighted by Crippen LogP contribution is 2.31. The molecule has 3 aromatic carbocycles. The first-order valence-electron chi connectivity index (χ1n) is 9.88. The van der Waals surface area contributed by atoms with Crippen molar-refractivity contribution >= 4 is 26.7 Å². The van der Waals surface area contributed by atoms with Crippen LogP contribution in [-0.4, -0.2) is 34.2 Å². The Labute approximate surface area is 185 Å². The molecule has 0 fully saturated rings. The van der Waals surface area contributed by atoms with Crippen LogP contribution in [0.3, 0.4) is 0 Å². The van der Waals surface area contributed by atoms with Gasteiger partial charge in [-0.25, -0.2) is 23.4 Å². The number of rotatable bonds is 4. The van der Waals surface area contributed by atoms with Gasteiger partial charge in [0.2, 0.25) is 0 Å². The van der Waals surface area contributed by atoms with E-state index in [0.717, 1.165) is 22.3 Å². The molecule has 2 heterocycles. The second-order valence-electron chi connectivity index (χ2n) is 7.38. The van der Waals surface area contributed by atoms with Crippen LogP contribution >= 0.6 is 0 Å². The lowest BCUT2D eigenvalue weighted by molar-refractivity contribution is 0.602. The molecule has 5 rings (SSSR count). The third-order valence-corrected chi connectivity index (χ3v) is 6.29. The molecule has 0 saturated carbocycles. The topological polar surface area (TPSA) is 104 Å². The number of para-hydroxylation sites is 3. The Bertz CT molecular complexity index is 1540. The fourth-order valence-corrected chi connectivity index (χ4v) is 4.23. The van der Waals surface area contributed by atoms with Crippen molar-refractivity contribution in [2.24, 2.45) is 0 Å². The van der Waals surface area contributed by atoms with Gasteiger partial charge in [-0.1, -0.05) is 42.5 Å². The van der Waals surface area contributed by atoms with E-state index in [2.05, 4.69) is 4.98 Å². The van der Waals surface area contributed by atoms with Crippen LogP contribution in [-0.2, 0) is 9.84 Å². The molecule has 0 aliphatic carbocycles. The van der Waals surface area contributed by atoms with Crippen molar-refractivity contribution in [1.82, 2.24) is 19.5 Å². The van der Waals surface area contributed by atoms with Crippen molar-refractivity contribution in [1.29, 1.82) is 0 Å². The number of sulfone groups is 1. The summed E-state index contributed by atoms with van der Waals surface area (Å²) < 4.78 is 25.5. The average Bonchev–Trinajstić information content (AvgIpc) is 3.19. The van der Waals surface area contributed by atoms with Crippen molar-refractivity contribution in [2.45, 2.75) is 4.90 Å². The zero-order chi connectivity index (χ0) is 22.3. The Balaban J connectivity index is 1.70. The van der Waals surface area contributed by atoms with Crippen LogP contribution in [0.15, 0.2) is 90.0 Å². The van der Waals surface area contributed by atoms with Gasteiger partial charge in [0, 0.05) is 17.5 Å². The first-order chi connectivity index (χ1) is 15.4. The molecular weight excluding hydrogens is 422 g/mol. The molecule has 32 heavy (non-hydrogen) atoms. The molecule has 2 aromatic heterocycles. The molecule has 0 saturated heterocycles. The summed E-state index contributed by atoms with van der Waals surface area (Å²) in [6.45, 7) is 0. The normalized spacial score (nSPS) is 11.7. The lowest BCUT2D eigenvalue weighted by Gasteiger charge is -2.11. The summed E-state index contributed by atoms with van der Waals surface area (Å²) in [5.41, 5.74) is 10.7.